The van der Waals surface area contributed by atoms with Crippen LogP contribution in [0.5, 0.6) is 23.0 Å². The molecule has 0 bridgehead atoms. The van der Waals surface area contributed by atoms with Gasteiger partial charge in [-0.15, -0.1) is 0 Å². The van der Waals surface area contributed by atoms with Crippen molar-refractivity contribution in [2.75, 3.05) is 27.9 Å². The number of ether oxygens (including phenoxy) is 3. The Morgan fingerprint density at radius 3 is 2.27 bits per heavy atom. The van der Waals surface area contributed by atoms with Gasteiger partial charge in [0, 0.05) is 15.6 Å². The highest BCUT2D eigenvalue weighted by atomic mass is 79.9. The Morgan fingerprint density at radius 2 is 1.70 bits per heavy atom. The predicted molar refractivity (Wildman–Crippen MR) is 118 cm³/mol. The van der Waals surface area contributed by atoms with E-state index in [0.717, 1.165) is 4.47 Å². The minimum absolute atomic E-state index is 0.0214. The first kappa shape index (κ1) is 23.5. The van der Waals surface area contributed by atoms with Gasteiger partial charge < -0.3 is 24.6 Å². The molecule has 0 aliphatic rings. The van der Waals surface area contributed by atoms with Crippen LogP contribution < -0.4 is 25.0 Å². The molecule has 0 radical (unpaired) electrons. The van der Waals surface area contributed by atoms with E-state index in [9.17, 15) is 14.7 Å². The van der Waals surface area contributed by atoms with Gasteiger partial charge in [0.2, 0.25) is 5.75 Å². The third-order valence-electron chi connectivity index (χ3n) is 3.79. The van der Waals surface area contributed by atoms with Crippen molar-refractivity contribution in [1.82, 2.24) is 10.7 Å². The van der Waals surface area contributed by atoms with Crippen molar-refractivity contribution >= 4 is 49.9 Å². The average molecular weight is 545 g/mol. The molecule has 0 aromatic heterocycles. The van der Waals surface area contributed by atoms with Gasteiger partial charge in [0.15, 0.2) is 11.5 Å². The molecule has 3 N–H and O–H groups in total. The van der Waals surface area contributed by atoms with Crippen molar-refractivity contribution in [2.24, 2.45) is 5.10 Å². The number of amides is 2. The summed E-state index contributed by atoms with van der Waals surface area (Å²) in [6.45, 7) is -0.318. The second-order valence-electron chi connectivity index (χ2n) is 5.72. The fourth-order valence-corrected chi connectivity index (χ4v) is 3.63. The summed E-state index contributed by atoms with van der Waals surface area (Å²) in [5.41, 5.74) is 2.89. The lowest BCUT2D eigenvalue weighted by Crippen LogP contribution is -2.34. The first-order chi connectivity index (χ1) is 14.3. The number of carbonyl (C=O) groups excluding carboxylic acids is 2. The second-order valence-corrected chi connectivity index (χ2v) is 7.49. The number of phenolic OH excluding ortho intramolecular Hbond substituents is 1. The van der Waals surface area contributed by atoms with Crippen molar-refractivity contribution in [2.45, 2.75) is 0 Å². The van der Waals surface area contributed by atoms with Gasteiger partial charge >= 0.3 is 0 Å². The van der Waals surface area contributed by atoms with Gasteiger partial charge in [0.25, 0.3) is 11.8 Å². The van der Waals surface area contributed by atoms with Gasteiger partial charge in [-0.05, 0) is 40.2 Å². The lowest BCUT2D eigenvalue weighted by Gasteiger charge is -2.14. The monoisotopic (exact) mass is 543 g/mol. The van der Waals surface area contributed by atoms with Crippen LogP contribution in [0.15, 0.2) is 38.3 Å². The summed E-state index contributed by atoms with van der Waals surface area (Å²) in [5.74, 6) is -0.104. The number of aromatic hydroxyl groups is 1. The predicted octanol–water partition coefficient (Wildman–Crippen LogP) is 2.82. The zero-order chi connectivity index (χ0) is 22.3. The van der Waals surface area contributed by atoms with Crippen molar-refractivity contribution in [3.63, 3.8) is 0 Å². The molecule has 0 atom stereocenters. The number of hydrazone groups is 1. The molecule has 30 heavy (non-hydrogen) atoms. The van der Waals surface area contributed by atoms with E-state index in [4.69, 9.17) is 14.2 Å². The third-order valence-corrected chi connectivity index (χ3v) is 4.85. The molecule has 0 saturated carbocycles. The van der Waals surface area contributed by atoms with E-state index in [1.165, 1.54) is 39.7 Å². The van der Waals surface area contributed by atoms with E-state index in [1.807, 2.05) is 0 Å². The average Bonchev–Trinajstić information content (AvgIpc) is 2.73. The Bertz CT molecular complexity index is 956. The van der Waals surface area contributed by atoms with Crippen LogP contribution in [0.4, 0.5) is 0 Å². The number of nitrogens with one attached hydrogen (secondary N) is 2. The number of hydrogen-bond acceptors (Lipinski definition) is 7. The summed E-state index contributed by atoms with van der Waals surface area (Å²) in [6.07, 6.45) is 1.28. The Balaban J connectivity index is 1.99. The van der Waals surface area contributed by atoms with Gasteiger partial charge in [-0.2, -0.15) is 5.10 Å². The van der Waals surface area contributed by atoms with Crippen LogP contribution in [0, 0.1) is 0 Å². The summed E-state index contributed by atoms with van der Waals surface area (Å²) < 4.78 is 16.8. The largest absolute Gasteiger partial charge is 0.506 e. The number of carbonyl (C=O) groups is 2. The fraction of sp³-hybridized carbons (Fsp3) is 0.211. The van der Waals surface area contributed by atoms with Gasteiger partial charge in [0.1, 0.15) is 5.75 Å². The van der Waals surface area contributed by atoms with Crippen LogP contribution in [0.2, 0.25) is 0 Å². The number of halogens is 2. The van der Waals surface area contributed by atoms with E-state index in [1.54, 1.807) is 12.1 Å². The maximum absolute atomic E-state index is 12.4. The molecule has 0 heterocycles. The normalized spacial score (nSPS) is 10.6. The molecular weight excluding hydrogens is 526 g/mol. The van der Waals surface area contributed by atoms with Gasteiger partial charge in [0.05, 0.1) is 38.6 Å². The van der Waals surface area contributed by atoms with Crippen LogP contribution >= 0.6 is 31.9 Å². The molecule has 2 amide bonds. The standard InChI is InChI=1S/C19H19Br2N3O6/c1-28-14-5-10(6-15(29-2)18(14)30-3)19(27)22-9-16(25)24-23-8-11-4-12(20)7-13(21)17(11)26/h4-8,26H,9H2,1-3H3,(H,22,27)(H,24,25)/b23-8+. The molecule has 11 heteroatoms. The third kappa shape index (κ3) is 5.86. The Labute approximate surface area is 189 Å². The Morgan fingerprint density at radius 1 is 1.07 bits per heavy atom. The SMILES string of the molecule is COc1cc(C(=O)NCC(=O)N/N=C/c2cc(Br)cc(Br)c2O)cc(OC)c1OC. The summed E-state index contributed by atoms with van der Waals surface area (Å²) >= 11 is 6.51. The fourth-order valence-electron chi connectivity index (χ4n) is 2.37. The zero-order valence-corrected chi connectivity index (χ0v) is 19.5. The number of methoxy groups -OCH3 is 3. The van der Waals surface area contributed by atoms with E-state index in [2.05, 4.69) is 47.7 Å². The van der Waals surface area contributed by atoms with Crippen molar-refractivity contribution in [3.8, 4) is 23.0 Å². The van der Waals surface area contributed by atoms with E-state index in [-0.39, 0.29) is 17.9 Å². The minimum Gasteiger partial charge on any atom is -0.506 e. The van der Waals surface area contributed by atoms with Gasteiger partial charge in [-0.3, -0.25) is 9.59 Å². The molecule has 0 aliphatic heterocycles. The summed E-state index contributed by atoms with van der Waals surface area (Å²) in [7, 11) is 4.33. The maximum atomic E-state index is 12.4. The summed E-state index contributed by atoms with van der Waals surface area (Å²) in [5, 5.41) is 16.2. The number of rotatable bonds is 8. The van der Waals surface area contributed by atoms with E-state index >= 15 is 0 Å². The lowest BCUT2D eigenvalue weighted by atomic mass is 10.1. The summed E-state index contributed by atoms with van der Waals surface area (Å²) in [6, 6.07) is 6.24. The van der Waals surface area contributed by atoms with Gasteiger partial charge in [-0.25, -0.2) is 5.43 Å². The molecule has 0 aliphatic carbocycles. The maximum Gasteiger partial charge on any atom is 0.259 e. The van der Waals surface area contributed by atoms with Gasteiger partial charge in [-0.1, -0.05) is 15.9 Å². The Hall–Kier alpha value is -2.79. The molecular formula is C19H19Br2N3O6. The van der Waals surface area contributed by atoms with Crippen LogP contribution in [-0.4, -0.2) is 51.0 Å². The van der Waals surface area contributed by atoms with Crippen molar-refractivity contribution < 1.29 is 28.9 Å². The highest BCUT2D eigenvalue weighted by molar-refractivity contribution is 9.11. The van der Waals surface area contributed by atoms with Crippen molar-refractivity contribution in [3.05, 3.63) is 44.3 Å². The molecule has 0 fully saturated rings. The molecule has 160 valence electrons. The van der Waals surface area contributed by atoms with Crippen molar-refractivity contribution in [1.29, 1.82) is 0 Å². The molecule has 2 aromatic rings. The van der Waals surface area contributed by atoms with Crippen LogP contribution in [0.3, 0.4) is 0 Å². The number of nitrogens with zero attached hydrogens (tertiary/aromatic N) is 1. The number of hydrogen-bond donors (Lipinski definition) is 3. The molecule has 0 saturated heterocycles. The van der Waals surface area contributed by atoms with E-state index < -0.39 is 11.8 Å². The first-order valence-corrected chi connectivity index (χ1v) is 9.97. The second kappa shape index (κ2) is 10.8. The molecule has 9 nitrogen and oxygen atoms in total. The minimum atomic E-state index is -0.555. The molecule has 0 spiro atoms. The first-order valence-electron chi connectivity index (χ1n) is 8.38. The molecule has 2 aromatic carbocycles. The molecule has 0 unspecified atom stereocenters. The summed E-state index contributed by atoms with van der Waals surface area (Å²) in [4.78, 5) is 24.3. The van der Waals surface area contributed by atoms with E-state index in [0.29, 0.717) is 27.3 Å². The topological polar surface area (TPSA) is 118 Å². The molecule has 2 rings (SSSR count). The number of phenols is 1. The highest BCUT2D eigenvalue weighted by Crippen LogP contribution is 2.38. The smallest absolute Gasteiger partial charge is 0.259 e. The van der Waals surface area contributed by atoms with Crippen LogP contribution in [0.1, 0.15) is 15.9 Å². The highest BCUT2D eigenvalue weighted by Gasteiger charge is 2.17. The zero-order valence-electron chi connectivity index (χ0n) is 16.3. The van der Waals surface area contributed by atoms with Crippen LogP contribution in [0.25, 0.3) is 0 Å². The lowest BCUT2D eigenvalue weighted by molar-refractivity contribution is -0.120. The Kier molecular flexibility index (Phi) is 8.48. The quantitative estimate of drug-likeness (QED) is 0.347. The number of benzene rings is 2. The van der Waals surface area contributed by atoms with Crippen LogP contribution in [-0.2, 0) is 4.79 Å².